The fraction of sp³-hybridized carbons (Fsp3) is 0. The first-order chi connectivity index (χ1) is 29.5. The quantitative estimate of drug-likeness (QED) is 0.0357. The number of nitrogens with one attached hydrogen (secondary N) is 2. The zero-order valence-electron chi connectivity index (χ0n) is 34.8. The monoisotopic (exact) mass is 1030 g/mol. The Morgan fingerprint density at radius 1 is 0.746 bits per heavy atom. The van der Waals surface area contributed by atoms with Crippen molar-refractivity contribution in [1.82, 2.24) is 15.0 Å². The molecule has 1 aliphatic rings. The molecule has 3 N–H and O–H groups in total. The zero-order valence-corrected chi connectivity index (χ0v) is 46.1. The van der Waals surface area contributed by atoms with Gasteiger partial charge in [-0.1, -0.05) is 60.7 Å². The number of carbonyl (C=O) groups excluding carboxylic acids is 1. The number of hydrazone groups is 1. The van der Waals surface area contributed by atoms with Crippen LogP contribution in [0.15, 0.2) is 133 Å². The van der Waals surface area contributed by atoms with Gasteiger partial charge in [-0.2, -0.15) is 32.2 Å². The first-order valence-corrected chi connectivity index (χ1v) is 22.7. The number of ketones is 1. The van der Waals surface area contributed by atoms with Crippen LogP contribution < -0.4 is 139 Å². The number of halogens is 1. The van der Waals surface area contributed by atoms with Gasteiger partial charge in [0.15, 0.2) is 0 Å². The van der Waals surface area contributed by atoms with Crippen LogP contribution in [0.1, 0.15) is 21.5 Å². The molecule has 0 amide bonds. The second-order valence-electron chi connectivity index (χ2n) is 12.8. The van der Waals surface area contributed by atoms with Gasteiger partial charge in [-0.15, -0.1) is 0 Å². The number of hydrogen-bond acceptors (Lipinski definition) is 19. The van der Waals surface area contributed by atoms with Crippen LogP contribution in [-0.2, 0) is 40.7 Å². The molecular formula is C36H21FN8Na4O14S4. The molecule has 31 heteroatoms. The number of aromatic amines is 1. The molecule has 0 aliphatic heterocycles. The molecule has 6 aromatic rings. The fourth-order valence-electron chi connectivity index (χ4n) is 6.01. The summed E-state index contributed by atoms with van der Waals surface area (Å²) in [6.45, 7) is 0. The number of benzene rings is 5. The molecule has 1 aromatic heterocycles. The summed E-state index contributed by atoms with van der Waals surface area (Å²) >= 11 is 0. The van der Waals surface area contributed by atoms with Gasteiger partial charge in [-0.25, -0.2) is 30.2 Å². The summed E-state index contributed by atoms with van der Waals surface area (Å²) in [7, 11) is -21.8. The van der Waals surface area contributed by atoms with Gasteiger partial charge in [0.05, 0.1) is 43.0 Å². The summed E-state index contributed by atoms with van der Waals surface area (Å²) in [4.78, 5) is 27.2. The van der Waals surface area contributed by atoms with Gasteiger partial charge in [0.25, 0.3) is 0 Å². The summed E-state index contributed by atoms with van der Waals surface area (Å²) in [6.07, 6.45) is -1.14. The first-order valence-electron chi connectivity index (χ1n) is 17.0. The molecule has 7 rings (SSSR count). The molecule has 0 spiro atoms. The molecule has 1 aliphatic carbocycles. The minimum Gasteiger partial charge on any atom is -0.858 e. The average Bonchev–Trinajstić information content (AvgIpc) is 3.18. The van der Waals surface area contributed by atoms with Crippen LogP contribution in [0, 0.1) is 6.08 Å². The van der Waals surface area contributed by atoms with Crippen LogP contribution in [0.3, 0.4) is 0 Å². The molecule has 324 valence electrons. The van der Waals surface area contributed by atoms with E-state index in [4.69, 9.17) is 0 Å². The third-order valence-electron chi connectivity index (χ3n) is 8.65. The van der Waals surface area contributed by atoms with E-state index in [0.29, 0.717) is 35.0 Å². The standard InChI is InChI=1S/C36H25FN8O14S4.4Na/c37-34-40-35(42-36(41-34)45(63(57,58)59)24-12-10-19-6-4-5-9-21(19)14-24)38-23-11-13-28(61(51,52)53)26(17-23)43-44-31-29(62(54,55)56)16-22-15-25(60(48,49)50)18-27(30(22)32(31)46)39-33(47)20-7-2-1-3-8-20;;;;/h1-18,43H,(H,39,47)(H,48,49,50)(H,51,52,53)(H,54,55,56)(H,57,58,59)(H,38,40,41,42);;;;/q;4*+1/p-4/b44-31+;;;;. The predicted octanol–water partition coefficient (Wildman–Crippen LogP) is -9.92. The number of carbonyl (C=O) groups is 1. The largest absolute Gasteiger partial charge is 1.00 e. The number of aliphatic imine (C=N–C) groups is 1. The fourth-order valence-corrected chi connectivity index (χ4v) is 8.48. The van der Waals surface area contributed by atoms with Crippen molar-refractivity contribution in [1.29, 1.82) is 0 Å². The Labute approximate surface area is 468 Å². The molecule has 0 bridgehead atoms. The van der Waals surface area contributed by atoms with E-state index in [-0.39, 0.29) is 134 Å². The maximum Gasteiger partial charge on any atom is 1.00 e. The van der Waals surface area contributed by atoms with Crippen molar-refractivity contribution in [3.05, 3.63) is 136 Å². The smallest absolute Gasteiger partial charge is 0.858 e. The second kappa shape index (κ2) is 22.8. The number of H-pyrrole nitrogens is 1. The molecule has 0 saturated heterocycles. The predicted molar refractivity (Wildman–Crippen MR) is 214 cm³/mol. The number of hydrogen-bond donors (Lipinski definition) is 3. The minimum atomic E-state index is -5.75. The van der Waals surface area contributed by atoms with E-state index in [1.54, 1.807) is 30.3 Å². The van der Waals surface area contributed by atoms with E-state index in [0.717, 1.165) is 12.1 Å². The minimum absolute atomic E-state index is 0. The number of allylic oxidation sites excluding steroid dienone is 1. The molecule has 1 heterocycles. The van der Waals surface area contributed by atoms with Crippen LogP contribution in [0.4, 0.5) is 33.1 Å². The first kappa shape index (κ1) is 58.2. The van der Waals surface area contributed by atoms with Crippen LogP contribution in [0.5, 0.6) is 0 Å². The number of aromatic nitrogens is 3. The topological polar surface area (TPSA) is 360 Å². The Balaban J connectivity index is 0.00000298. The molecule has 0 fully saturated rings. The summed E-state index contributed by atoms with van der Waals surface area (Å²) in [6, 6.07) is 21.1. The number of rotatable bonds is 11. The maximum atomic E-state index is 14.9. The molecule has 0 radical (unpaired) electrons. The average molecular weight is 1030 g/mol. The van der Waals surface area contributed by atoms with Crippen LogP contribution in [-0.4, -0.2) is 84.2 Å². The van der Waals surface area contributed by atoms with Gasteiger partial charge in [0.2, 0.25) is 17.3 Å². The summed E-state index contributed by atoms with van der Waals surface area (Å²) in [5, 5.41) is 17.8. The third-order valence-corrected chi connectivity index (χ3v) is 12.1. The van der Waals surface area contributed by atoms with Crippen molar-refractivity contribution in [3.63, 3.8) is 0 Å². The second-order valence-corrected chi connectivity index (χ2v) is 18.1. The van der Waals surface area contributed by atoms with Crippen molar-refractivity contribution in [2.45, 2.75) is 9.79 Å². The van der Waals surface area contributed by atoms with Crippen molar-refractivity contribution in [2.75, 3.05) is 9.73 Å². The number of anilines is 3. The molecular weight excluding hydrogens is 1010 g/mol. The van der Waals surface area contributed by atoms with E-state index in [1.807, 2.05) is 5.43 Å². The van der Waals surface area contributed by atoms with Gasteiger partial charge < -0.3 is 18.8 Å². The van der Waals surface area contributed by atoms with Gasteiger partial charge in [-0.3, -0.25) is 24.7 Å². The number of fused-ring (bicyclic) bond motifs is 2. The Kier molecular flexibility index (Phi) is 19.8. The Bertz CT molecular complexity index is 3570. The normalized spacial score (nSPS) is 13.8. The van der Waals surface area contributed by atoms with E-state index < -0.39 is 119 Å². The molecule has 67 heavy (non-hydrogen) atoms. The number of nitrogens with zero attached hydrogens (tertiary/aromatic N) is 6. The molecule has 5 aromatic carbocycles. The molecule has 22 nitrogen and oxygen atoms in total. The molecule has 0 unspecified atom stereocenters. The van der Waals surface area contributed by atoms with Gasteiger partial charge >= 0.3 is 135 Å². The van der Waals surface area contributed by atoms with Crippen LogP contribution in [0.2, 0.25) is 0 Å². The SMILES string of the molecule is O=C1/C(=N/Nc2cc(N=c3nc(F)nc(N(c4ccc5ccccc5c4)S(=O)(=O)O)[nH]3)ccc2S(=O)(=O)[O-])C(S(=O)(=O)[O-])=Cc2cc(S(=O)(=O)[O-])cc(N=C([O-])c3ccccc3)c21.[Na+].[Na+].[Na+].[Na+]. The van der Waals surface area contributed by atoms with E-state index >= 15 is 0 Å². The van der Waals surface area contributed by atoms with Gasteiger partial charge in [0, 0.05) is 0 Å². The van der Waals surface area contributed by atoms with Gasteiger partial charge in [-0.05, 0) is 76.3 Å². The Hall–Kier alpha value is -3.11. The van der Waals surface area contributed by atoms with E-state index in [9.17, 15) is 66.2 Å². The summed E-state index contributed by atoms with van der Waals surface area (Å²) < 4.78 is 161. The van der Waals surface area contributed by atoms with Crippen molar-refractivity contribution >= 4 is 104 Å². The van der Waals surface area contributed by atoms with E-state index in [2.05, 4.69) is 30.0 Å². The van der Waals surface area contributed by atoms with Crippen molar-refractivity contribution in [2.24, 2.45) is 15.1 Å². The zero-order chi connectivity index (χ0) is 45.6. The maximum absolute atomic E-state index is 14.9. The van der Waals surface area contributed by atoms with Gasteiger partial charge in [0.1, 0.15) is 36.1 Å². The third kappa shape index (κ3) is 13.6. The van der Waals surface area contributed by atoms with Crippen molar-refractivity contribution in [3.8, 4) is 0 Å². The number of Topliss-reactive ketones (excluding diaryl/α,β-unsaturated/α-hetero) is 1. The Morgan fingerprint density at radius 2 is 1.39 bits per heavy atom. The molecule has 0 atom stereocenters. The Morgan fingerprint density at radius 3 is 2.00 bits per heavy atom. The summed E-state index contributed by atoms with van der Waals surface area (Å²) in [5.41, 5.74) is -3.84. The summed E-state index contributed by atoms with van der Waals surface area (Å²) in [5.74, 6) is -3.47. The van der Waals surface area contributed by atoms with Crippen molar-refractivity contribution < 1.29 is 184 Å². The van der Waals surface area contributed by atoms with Crippen LogP contribution in [0.25, 0.3) is 16.8 Å². The van der Waals surface area contributed by atoms with Crippen LogP contribution >= 0.6 is 0 Å². The molecule has 0 saturated carbocycles. The van der Waals surface area contributed by atoms with E-state index in [1.165, 1.54) is 42.5 Å².